The average molecular weight is 336 g/mol. The molecule has 0 saturated heterocycles. The zero-order valence-corrected chi connectivity index (χ0v) is 14.8. The number of imidazole rings is 1. The number of nitrogens with zero attached hydrogens (tertiary/aromatic N) is 2. The number of nitrogens with one attached hydrogen (secondary N) is 1. The normalized spacial score (nSPS) is 14.9. The van der Waals surface area contributed by atoms with Gasteiger partial charge in [-0.15, -0.1) is 0 Å². The number of fused-ring (bicyclic) bond motifs is 1. The van der Waals surface area contributed by atoms with Gasteiger partial charge in [-0.25, -0.2) is 4.98 Å². The molecule has 25 heavy (non-hydrogen) atoms. The minimum Gasteiger partial charge on any atom is -0.342 e. The van der Waals surface area contributed by atoms with Gasteiger partial charge in [0.15, 0.2) is 0 Å². The molecule has 3 N–H and O–H groups in total. The van der Waals surface area contributed by atoms with Gasteiger partial charge in [0.1, 0.15) is 11.9 Å². The van der Waals surface area contributed by atoms with Crippen molar-refractivity contribution in [2.75, 3.05) is 0 Å². The van der Waals surface area contributed by atoms with Crippen LogP contribution in [0.2, 0.25) is 0 Å². The van der Waals surface area contributed by atoms with E-state index < -0.39 is 0 Å². The molecule has 1 aromatic heterocycles. The molecule has 3 unspecified atom stereocenters. The molecule has 0 aliphatic heterocycles. The lowest BCUT2D eigenvalue weighted by molar-refractivity contribution is -0.125. The number of amides is 1. The number of aromatic nitrogens is 2. The lowest BCUT2D eigenvalue weighted by atomic mass is 10.0. The summed E-state index contributed by atoms with van der Waals surface area (Å²) >= 11 is 0. The number of nitrogens with two attached hydrogens (primary N) is 1. The quantitative estimate of drug-likeness (QED) is 0.752. The van der Waals surface area contributed by atoms with Crippen LogP contribution in [-0.4, -0.2) is 21.5 Å². The van der Waals surface area contributed by atoms with Crippen LogP contribution in [0.5, 0.6) is 0 Å². The van der Waals surface area contributed by atoms with Crippen LogP contribution in [0.25, 0.3) is 11.0 Å². The molecule has 3 rings (SSSR count). The summed E-state index contributed by atoms with van der Waals surface area (Å²) in [7, 11) is 1.97. The number of hydrogen-bond donors (Lipinski definition) is 2. The summed E-state index contributed by atoms with van der Waals surface area (Å²) in [4.78, 5) is 17.4. The second-order valence-electron chi connectivity index (χ2n) is 6.52. The molecule has 0 bridgehead atoms. The highest BCUT2D eigenvalue weighted by Crippen LogP contribution is 2.25. The summed E-state index contributed by atoms with van der Waals surface area (Å²) in [5.74, 6) is 0.453. The highest BCUT2D eigenvalue weighted by molar-refractivity contribution is 5.80. The number of aryl methyl sites for hydroxylation is 1. The molecule has 0 fully saturated rings. The molecule has 1 amide bonds. The third-order valence-corrected chi connectivity index (χ3v) is 4.70. The number of carbonyl (C=O) groups is 1. The third kappa shape index (κ3) is 3.42. The van der Waals surface area contributed by atoms with Gasteiger partial charge in [-0.3, -0.25) is 4.79 Å². The van der Waals surface area contributed by atoms with Crippen molar-refractivity contribution in [2.24, 2.45) is 18.7 Å². The molecule has 130 valence electrons. The van der Waals surface area contributed by atoms with Gasteiger partial charge < -0.3 is 15.6 Å². The molecule has 2 aromatic carbocycles. The Morgan fingerprint density at radius 1 is 1.08 bits per heavy atom. The van der Waals surface area contributed by atoms with E-state index in [2.05, 4.69) is 5.32 Å². The lowest BCUT2D eigenvalue weighted by Crippen LogP contribution is -2.41. The van der Waals surface area contributed by atoms with Gasteiger partial charge in [0.2, 0.25) is 5.91 Å². The van der Waals surface area contributed by atoms with Gasteiger partial charge in [0.05, 0.1) is 11.0 Å². The summed E-state index contributed by atoms with van der Waals surface area (Å²) in [6, 6.07) is 17.3. The highest BCUT2D eigenvalue weighted by atomic mass is 16.2. The second-order valence-corrected chi connectivity index (χ2v) is 6.52. The predicted octanol–water partition coefficient (Wildman–Crippen LogP) is 2.76. The molecule has 0 aliphatic rings. The van der Waals surface area contributed by atoms with Crippen molar-refractivity contribution in [1.82, 2.24) is 14.9 Å². The van der Waals surface area contributed by atoms with Crippen molar-refractivity contribution in [3.05, 3.63) is 66.0 Å². The van der Waals surface area contributed by atoms with Crippen molar-refractivity contribution >= 4 is 16.9 Å². The Morgan fingerprint density at radius 2 is 1.72 bits per heavy atom. The molecule has 1 heterocycles. The number of para-hydroxylation sites is 2. The number of hydrogen-bond acceptors (Lipinski definition) is 3. The highest BCUT2D eigenvalue weighted by Gasteiger charge is 2.26. The maximum Gasteiger partial charge on any atom is 0.225 e. The minimum atomic E-state index is -0.327. The van der Waals surface area contributed by atoms with E-state index in [9.17, 15) is 4.79 Å². The SMILES string of the molecule is CC(N)C(C)C(=O)NC(c1ccccc1)c1nc2ccccc2n1C. The van der Waals surface area contributed by atoms with E-state index >= 15 is 0 Å². The fraction of sp³-hybridized carbons (Fsp3) is 0.300. The fourth-order valence-corrected chi connectivity index (χ4v) is 2.88. The smallest absolute Gasteiger partial charge is 0.225 e. The van der Waals surface area contributed by atoms with E-state index in [1.165, 1.54) is 0 Å². The summed E-state index contributed by atoms with van der Waals surface area (Å²) in [6.45, 7) is 3.69. The Balaban J connectivity index is 2.04. The largest absolute Gasteiger partial charge is 0.342 e. The van der Waals surface area contributed by atoms with E-state index in [1.54, 1.807) is 0 Å². The molecular weight excluding hydrogens is 312 g/mol. The molecule has 3 aromatic rings. The van der Waals surface area contributed by atoms with E-state index in [4.69, 9.17) is 10.7 Å². The van der Waals surface area contributed by atoms with Crippen LogP contribution in [0.3, 0.4) is 0 Å². The number of benzene rings is 2. The van der Waals surface area contributed by atoms with Crippen molar-refractivity contribution < 1.29 is 4.79 Å². The van der Waals surface area contributed by atoms with Crippen molar-refractivity contribution in [2.45, 2.75) is 25.9 Å². The third-order valence-electron chi connectivity index (χ3n) is 4.70. The van der Waals surface area contributed by atoms with E-state index in [0.717, 1.165) is 22.4 Å². The number of carbonyl (C=O) groups excluding carboxylic acids is 1. The monoisotopic (exact) mass is 336 g/mol. The molecule has 0 radical (unpaired) electrons. The zero-order chi connectivity index (χ0) is 18.0. The zero-order valence-electron chi connectivity index (χ0n) is 14.8. The van der Waals surface area contributed by atoms with Gasteiger partial charge in [0.25, 0.3) is 0 Å². The topological polar surface area (TPSA) is 72.9 Å². The second kappa shape index (κ2) is 7.07. The van der Waals surface area contributed by atoms with Crippen LogP contribution in [0.1, 0.15) is 31.3 Å². The van der Waals surface area contributed by atoms with Gasteiger partial charge >= 0.3 is 0 Å². The first-order valence-corrected chi connectivity index (χ1v) is 8.51. The van der Waals surface area contributed by atoms with Crippen LogP contribution in [-0.2, 0) is 11.8 Å². The first-order chi connectivity index (χ1) is 12.0. The van der Waals surface area contributed by atoms with E-state index in [-0.39, 0.29) is 23.9 Å². The number of rotatable bonds is 5. The molecular formula is C20H24N4O. The Hall–Kier alpha value is -2.66. The van der Waals surface area contributed by atoms with Gasteiger partial charge in [-0.1, -0.05) is 49.4 Å². The molecule has 0 aliphatic carbocycles. The molecule has 0 spiro atoms. The summed E-state index contributed by atoms with van der Waals surface area (Å²) in [5, 5.41) is 3.13. The van der Waals surface area contributed by atoms with E-state index in [1.807, 2.05) is 80.1 Å². The first kappa shape index (κ1) is 17.2. The lowest BCUT2D eigenvalue weighted by Gasteiger charge is -2.23. The molecule has 3 atom stereocenters. The summed E-state index contributed by atoms with van der Waals surface area (Å²) in [5.41, 5.74) is 8.84. The van der Waals surface area contributed by atoms with Crippen LogP contribution in [0, 0.1) is 5.92 Å². The Bertz CT molecular complexity index is 870. The van der Waals surface area contributed by atoms with Crippen LogP contribution >= 0.6 is 0 Å². The average Bonchev–Trinajstić information content (AvgIpc) is 2.96. The van der Waals surface area contributed by atoms with Gasteiger partial charge in [-0.05, 0) is 24.6 Å². The van der Waals surface area contributed by atoms with Crippen molar-refractivity contribution in [3.8, 4) is 0 Å². The molecule has 0 saturated carbocycles. The molecule has 5 heteroatoms. The maximum absolute atomic E-state index is 12.6. The van der Waals surface area contributed by atoms with Crippen LogP contribution in [0.15, 0.2) is 54.6 Å². The van der Waals surface area contributed by atoms with Crippen LogP contribution in [0.4, 0.5) is 0 Å². The van der Waals surface area contributed by atoms with E-state index in [0.29, 0.717) is 0 Å². The maximum atomic E-state index is 12.6. The van der Waals surface area contributed by atoms with Gasteiger partial charge in [0, 0.05) is 19.0 Å². The minimum absolute atomic E-state index is 0.0732. The Morgan fingerprint density at radius 3 is 2.36 bits per heavy atom. The van der Waals surface area contributed by atoms with Crippen molar-refractivity contribution in [1.29, 1.82) is 0 Å². The summed E-state index contributed by atoms with van der Waals surface area (Å²) in [6.07, 6.45) is 0. The Kier molecular flexibility index (Phi) is 4.86. The first-order valence-electron chi connectivity index (χ1n) is 8.51. The summed E-state index contributed by atoms with van der Waals surface area (Å²) < 4.78 is 2.03. The van der Waals surface area contributed by atoms with Crippen molar-refractivity contribution in [3.63, 3.8) is 0 Å². The fourth-order valence-electron chi connectivity index (χ4n) is 2.88. The standard InChI is InChI=1S/C20H24N4O/c1-13(14(2)21)20(25)23-18(15-9-5-4-6-10-15)19-22-16-11-7-8-12-17(16)24(19)3/h4-14,18H,21H2,1-3H3,(H,23,25). The molecule has 5 nitrogen and oxygen atoms in total. The van der Waals surface area contributed by atoms with Crippen LogP contribution < -0.4 is 11.1 Å². The van der Waals surface area contributed by atoms with Gasteiger partial charge in [-0.2, -0.15) is 0 Å². The Labute approximate surface area is 147 Å². The predicted molar refractivity (Wildman–Crippen MR) is 100.0 cm³/mol.